The predicted octanol–water partition coefficient (Wildman–Crippen LogP) is 6.46. The first kappa shape index (κ1) is 20.4. The van der Waals surface area contributed by atoms with E-state index in [4.69, 9.17) is 0 Å². The Hall–Kier alpha value is -1.89. The molecule has 0 aliphatic carbocycles. The molecule has 0 radical (unpaired) electrons. The van der Waals surface area contributed by atoms with E-state index in [-0.39, 0.29) is 5.78 Å². The minimum Gasteiger partial charge on any atom is -0.300 e. The highest BCUT2D eigenvalue weighted by atomic mass is 16.1. The van der Waals surface area contributed by atoms with Crippen LogP contribution in [0.25, 0.3) is 0 Å². The Balaban J connectivity index is 2.12. The molecule has 140 valence electrons. The molecular formula is C25H34O. The predicted molar refractivity (Wildman–Crippen MR) is 112 cm³/mol. The van der Waals surface area contributed by atoms with Crippen molar-refractivity contribution >= 4 is 5.78 Å². The van der Waals surface area contributed by atoms with E-state index < -0.39 is 0 Å². The largest absolute Gasteiger partial charge is 0.300 e. The lowest BCUT2D eigenvalue weighted by Crippen LogP contribution is -2.05. The normalized spacial score (nSPS) is 12.2. The maximum Gasteiger partial charge on any atom is 0.130 e. The van der Waals surface area contributed by atoms with Crippen LogP contribution in [0.4, 0.5) is 0 Å². The van der Waals surface area contributed by atoms with Gasteiger partial charge in [0.15, 0.2) is 0 Å². The average Bonchev–Trinajstić information content (AvgIpc) is 2.62. The van der Waals surface area contributed by atoms with Crippen LogP contribution in [0.3, 0.4) is 0 Å². The Labute approximate surface area is 159 Å². The number of Topliss-reactive ketones (excluding diaryl/α,β-unsaturated/α-hetero) is 1. The van der Waals surface area contributed by atoms with Crippen LogP contribution in [0.5, 0.6) is 0 Å². The molecule has 0 aliphatic rings. The van der Waals surface area contributed by atoms with Crippen molar-refractivity contribution in [3.63, 3.8) is 0 Å². The summed E-state index contributed by atoms with van der Waals surface area (Å²) in [5, 5.41) is 0. The average molecular weight is 351 g/mol. The smallest absolute Gasteiger partial charge is 0.130 e. The first-order valence-corrected chi connectivity index (χ1v) is 10.2. The summed E-state index contributed by atoms with van der Waals surface area (Å²) in [7, 11) is 0. The van der Waals surface area contributed by atoms with E-state index in [0.29, 0.717) is 12.3 Å². The van der Waals surface area contributed by atoms with Crippen molar-refractivity contribution in [3.05, 3.63) is 70.3 Å². The zero-order valence-electron chi connectivity index (χ0n) is 17.0. The summed E-state index contributed by atoms with van der Waals surface area (Å²) in [6.07, 6.45) is 7.22. The molecule has 0 aromatic heterocycles. The Kier molecular flexibility index (Phi) is 8.09. The van der Waals surface area contributed by atoms with Gasteiger partial charge in [-0.05, 0) is 66.3 Å². The topological polar surface area (TPSA) is 17.1 Å². The van der Waals surface area contributed by atoms with Crippen molar-refractivity contribution in [2.24, 2.45) is 0 Å². The van der Waals surface area contributed by atoms with Gasteiger partial charge in [-0.15, -0.1) is 0 Å². The summed E-state index contributed by atoms with van der Waals surface area (Å²) < 4.78 is 0. The van der Waals surface area contributed by atoms with E-state index in [9.17, 15) is 4.79 Å². The monoisotopic (exact) mass is 350 g/mol. The molecule has 0 N–H and O–H groups in total. The number of benzene rings is 2. The second-order valence-electron chi connectivity index (χ2n) is 7.66. The number of rotatable bonds is 10. The SMILES string of the molecule is CCCc1ccc(CC(C)c2ccc(CCC(C)=O)cc2CCC)cc1. The lowest BCUT2D eigenvalue weighted by Gasteiger charge is -2.18. The fraction of sp³-hybridized carbons (Fsp3) is 0.480. The van der Waals surface area contributed by atoms with Crippen LogP contribution < -0.4 is 0 Å². The third kappa shape index (κ3) is 6.12. The van der Waals surface area contributed by atoms with Gasteiger partial charge in [-0.1, -0.05) is 76.1 Å². The zero-order valence-corrected chi connectivity index (χ0v) is 17.0. The molecule has 1 atom stereocenters. The fourth-order valence-corrected chi connectivity index (χ4v) is 3.70. The molecule has 0 saturated heterocycles. The van der Waals surface area contributed by atoms with Gasteiger partial charge < -0.3 is 4.79 Å². The van der Waals surface area contributed by atoms with Crippen LogP contribution >= 0.6 is 0 Å². The van der Waals surface area contributed by atoms with Crippen LogP contribution in [0.15, 0.2) is 42.5 Å². The standard InChI is InChI=1S/C25H34O/c1-5-7-21-11-13-22(14-12-21)17-19(3)25-16-15-23(10-9-20(4)26)18-24(25)8-6-2/h11-16,18-19H,5-10,17H2,1-4H3. The maximum atomic E-state index is 11.3. The van der Waals surface area contributed by atoms with E-state index in [0.717, 1.165) is 32.1 Å². The molecule has 1 unspecified atom stereocenters. The number of hydrogen-bond donors (Lipinski definition) is 0. The van der Waals surface area contributed by atoms with Crippen molar-refractivity contribution in [3.8, 4) is 0 Å². The van der Waals surface area contributed by atoms with Crippen molar-refractivity contribution in [1.29, 1.82) is 0 Å². The third-order valence-electron chi connectivity index (χ3n) is 5.13. The number of carbonyl (C=O) groups excluding carboxylic acids is 1. The number of carbonyl (C=O) groups is 1. The first-order chi connectivity index (χ1) is 12.5. The molecular weight excluding hydrogens is 316 g/mol. The Morgan fingerprint density at radius 1 is 0.846 bits per heavy atom. The Bertz CT molecular complexity index is 697. The minimum absolute atomic E-state index is 0.269. The summed E-state index contributed by atoms with van der Waals surface area (Å²) >= 11 is 0. The second kappa shape index (κ2) is 10.3. The van der Waals surface area contributed by atoms with Crippen LogP contribution in [-0.2, 0) is 30.5 Å². The highest BCUT2D eigenvalue weighted by molar-refractivity contribution is 5.75. The van der Waals surface area contributed by atoms with Gasteiger partial charge in [-0.3, -0.25) is 0 Å². The lowest BCUT2D eigenvalue weighted by molar-refractivity contribution is -0.116. The molecule has 0 bridgehead atoms. The van der Waals surface area contributed by atoms with Crippen LogP contribution in [0.2, 0.25) is 0 Å². The van der Waals surface area contributed by atoms with Crippen molar-refractivity contribution in [2.45, 2.75) is 78.6 Å². The lowest BCUT2D eigenvalue weighted by atomic mass is 9.87. The van der Waals surface area contributed by atoms with E-state index >= 15 is 0 Å². The summed E-state index contributed by atoms with van der Waals surface area (Å²) in [5.41, 5.74) is 7.08. The zero-order chi connectivity index (χ0) is 18.9. The van der Waals surface area contributed by atoms with E-state index in [1.54, 1.807) is 6.92 Å². The molecule has 0 saturated carbocycles. The molecule has 0 aliphatic heterocycles. The summed E-state index contributed by atoms with van der Waals surface area (Å²) in [4.78, 5) is 11.3. The minimum atomic E-state index is 0.269. The number of hydrogen-bond acceptors (Lipinski definition) is 1. The van der Waals surface area contributed by atoms with Gasteiger partial charge in [-0.25, -0.2) is 0 Å². The van der Waals surface area contributed by atoms with Crippen molar-refractivity contribution in [1.82, 2.24) is 0 Å². The van der Waals surface area contributed by atoms with Gasteiger partial charge in [0.05, 0.1) is 0 Å². The second-order valence-corrected chi connectivity index (χ2v) is 7.66. The molecule has 0 fully saturated rings. The highest BCUT2D eigenvalue weighted by Gasteiger charge is 2.12. The molecule has 26 heavy (non-hydrogen) atoms. The summed E-state index contributed by atoms with van der Waals surface area (Å²) in [6.45, 7) is 8.48. The molecule has 0 heterocycles. The van der Waals surface area contributed by atoms with Crippen LogP contribution in [-0.4, -0.2) is 5.78 Å². The molecule has 1 heteroatoms. The fourth-order valence-electron chi connectivity index (χ4n) is 3.70. The number of aryl methyl sites for hydroxylation is 3. The van der Waals surface area contributed by atoms with Crippen molar-refractivity contribution in [2.75, 3.05) is 0 Å². The van der Waals surface area contributed by atoms with E-state index in [1.165, 1.54) is 34.2 Å². The van der Waals surface area contributed by atoms with E-state index in [2.05, 4.69) is 63.2 Å². The van der Waals surface area contributed by atoms with Gasteiger partial charge >= 0.3 is 0 Å². The van der Waals surface area contributed by atoms with Crippen molar-refractivity contribution < 1.29 is 4.79 Å². The Morgan fingerprint density at radius 2 is 1.46 bits per heavy atom. The molecule has 1 nitrogen and oxygen atoms in total. The van der Waals surface area contributed by atoms with Gasteiger partial charge in [0.25, 0.3) is 0 Å². The van der Waals surface area contributed by atoms with Crippen LogP contribution in [0, 0.1) is 0 Å². The highest BCUT2D eigenvalue weighted by Crippen LogP contribution is 2.26. The molecule has 0 amide bonds. The Morgan fingerprint density at radius 3 is 2.08 bits per heavy atom. The maximum absolute atomic E-state index is 11.3. The van der Waals surface area contributed by atoms with Crippen LogP contribution in [0.1, 0.15) is 80.7 Å². The third-order valence-corrected chi connectivity index (χ3v) is 5.13. The summed E-state index contributed by atoms with van der Waals surface area (Å²) in [6, 6.07) is 16.0. The molecule has 2 aromatic carbocycles. The van der Waals surface area contributed by atoms with Gasteiger partial charge in [0.1, 0.15) is 5.78 Å². The molecule has 2 rings (SSSR count). The van der Waals surface area contributed by atoms with E-state index in [1.807, 2.05) is 0 Å². The number of ketones is 1. The quantitative estimate of drug-likeness (QED) is 0.480. The van der Waals surface area contributed by atoms with Gasteiger partial charge in [0.2, 0.25) is 0 Å². The summed E-state index contributed by atoms with van der Waals surface area (Å²) in [5.74, 6) is 0.779. The molecule has 2 aromatic rings. The van der Waals surface area contributed by atoms with Gasteiger partial charge in [0, 0.05) is 6.42 Å². The van der Waals surface area contributed by atoms with Gasteiger partial charge in [-0.2, -0.15) is 0 Å². The molecule has 0 spiro atoms. The first-order valence-electron chi connectivity index (χ1n) is 10.2.